The first-order chi connectivity index (χ1) is 12.0. The van der Waals surface area contributed by atoms with Gasteiger partial charge in [-0.2, -0.15) is 0 Å². The molecule has 0 spiro atoms. The lowest BCUT2D eigenvalue weighted by atomic mass is 10.2. The second kappa shape index (κ2) is 7.20. The van der Waals surface area contributed by atoms with Crippen LogP contribution in [0.2, 0.25) is 0 Å². The molecule has 2 aromatic heterocycles. The van der Waals surface area contributed by atoms with Gasteiger partial charge in [0.05, 0.1) is 30.4 Å². The minimum atomic E-state index is -3.22. The van der Waals surface area contributed by atoms with E-state index in [2.05, 4.69) is 15.3 Å². The molecule has 3 aromatic rings. The van der Waals surface area contributed by atoms with Crippen molar-refractivity contribution in [2.24, 2.45) is 0 Å². The zero-order chi connectivity index (χ0) is 17.9. The lowest BCUT2D eigenvalue weighted by molar-refractivity contribution is 0.398. The molecule has 0 aliphatic heterocycles. The fourth-order valence-corrected chi connectivity index (χ4v) is 3.51. The maximum atomic E-state index is 11.6. The fraction of sp³-hybridized carbons (Fsp3) is 0.176. The van der Waals surface area contributed by atoms with Crippen LogP contribution in [0.5, 0.6) is 5.88 Å². The Balaban J connectivity index is 1.88. The quantitative estimate of drug-likeness (QED) is 0.712. The Hall–Kier alpha value is -2.45. The molecule has 0 amide bonds. The van der Waals surface area contributed by atoms with Crippen LogP contribution in [-0.4, -0.2) is 31.8 Å². The van der Waals surface area contributed by atoms with Gasteiger partial charge in [-0.3, -0.25) is 0 Å². The first-order valence-corrected chi connectivity index (χ1v) is 10.2. The highest BCUT2D eigenvalue weighted by molar-refractivity contribution is 7.90. The normalized spacial score (nSPS) is 11.3. The van der Waals surface area contributed by atoms with E-state index in [0.717, 1.165) is 5.56 Å². The summed E-state index contributed by atoms with van der Waals surface area (Å²) in [4.78, 5) is 10.3. The first kappa shape index (κ1) is 17.4. The van der Waals surface area contributed by atoms with Crippen LogP contribution in [0.15, 0.2) is 52.9 Å². The Morgan fingerprint density at radius 1 is 1.20 bits per heavy atom. The molecule has 8 heteroatoms. The molecule has 130 valence electrons. The number of nitrogens with zero attached hydrogens (tertiary/aromatic N) is 2. The summed E-state index contributed by atoms with van der Waals surface area (Å²) in [6.45, 7) is 0.624. The van der Waals surface area contributed by atoms with Crippen LogP contribution in [0.25, 0.3) is 11.3 Å². The van der Waals surface area contributed by atoms with E-state index >= 15 is 0 Å². The number of rotatable bonds is 6. The van der Waals surface area contributed by atoms with Gasteiger partial charge < -0.3 is 10.1 Å². The molecular weight excluding hydrogens is 358 g/mol. The van der Waals surface area contributed by atoms with Gasteiger partial charge in [-0.1, -0.05) is 18.2 Å². The minimum Gasteiger partial charge on any atom is -0.478 e. The van der Waals surface area contributed by atoms with Crippen molar-refractivity contribution in [2.75, 3.05) is 18.7 Å². The monoisotopic (exact) mass is 375 g/mol. The second-order valence-electron chi connectivity index (χ2n) is 5.34. The van der Waals surface area contributed by atoms with Crippen LogP contribution in [-0.2, 0) is 16.4 Å². The minimum absolute atomic E-state index is 0.272. The molecule has 6 nitrogen and oxygen atoms in total. The van der Waals surface area contributed by atoms with Gasteiger partial charge in [-0.15, -0.1) is 11.3 Å². The molecule has 0 radical (unpaired) electrons. The predicted octanol–water partition coefficient (Wildman–Crippen LogP) is 3.23. The summed E-state index contributed by atoms with van der Waals surface area (Å²) in [6, 6.07) is 10.6. The number of anilines is 1. The van der Waals surface area contributed by atoms with Gasteiger partial charge in [0.2, 0.25) is 0 Å². The van der Waals surface area contributed by atoms with E-state index in [1.165, 1.54) is 11.1 Å². The maximum Gasteiger partial charge on any atom is 0.257 e. The van der Waals surface area contributed by atoms with Gasteiger partial charge >= 0.3 is 0 Å². The fourth-order valence-electron chi connectivity index (χ4n) is 2.24. The van der Waals surface area contributed by atoms with Crippen LogP contribution in [0.1, 0.15) is 4.88 Å². The van der Waals surface area contributed by atoms with Crippen molar-refractivity contribution < 1.29 is 13.2 Å². The Bertz CT molecular complexity index is 953. The van der Waals surface area contributed by atoms with Crippen molar-refractivity contribution in [3.05, 3.63) is 52.9 Å². The Morgan fingerprint density at radius 3 is 2.56 bits per heavy atom. The third-order valence-electron chi connectivity index (χ3n) is 3.52. The SMILES string of the molecule is COc1ncc(-c2ccc(S(C)(=O)=O)cc2)nc1NCc1cccs1. The summed E-state index contributed by atoms with van der Waals surface area (Å²) in [6.07, 6.45) is 2.78. The van der Waals surface area contributed by atoms with Gasteiger partial charge in [-0.05, 0) is 23.6 Å². The van der Waals surface area contributed by atoms with Crippen molar-refractivity contribution in [2.45, 2.75) is 11.4 Å². The Kier molecular flexibility index (Phi) is 5.00. The number of benzene rings is 1. The average Bonchev–Trinajstić information content (AvgIpc) is 3.12. The van der Waals surface area contributed by atoms with Crippen LogP contribution < -0.4 is 10.1 Å². The topological polar surface area (TPSA) is 81.2 Å². The van der Waals surface area contributed by atoms with Crippen molar-refractivity contribution in [3.63, 3.8) is 0 Å². The number of hydrogen-bond donors (Lipinski definition) is 1. The number of nitrogens with one attached hydrogen (secondary N) is 1. The largest absolute Gasteiger partial charge is 0.478 e. The molecule has 25 heavy (non-hydrogen) atoms. The molecule has 0 aliphatic rings. The third kappa shape index (κ3) is 4.15. The van der Waals surface area contributed by atoms with Gasteiger partial charge in [0.1, 0.15) is 0 Å². The molecule has 3 rings (SSSR count). The molecule has 0 saturated carbocycles. The molecule has 0 atom stereocenters. The smallest absolute Gasteiger partial charge is 0.257 e. The molecule has 0 bridgehead atoms. The van der Waals surface area contributed by atoms with Crippen molar-refractivity contribution in [1.29, 1.82) is 0 Å². The number of ether oxygens (including phenoxy) is 1. The summed E-state index contributed by atoms with van der Waals surface area (Å²) in [7, 11) is -1.68. The van der Waals surface area contributed by atoms with Crippen LogP contribution in [0, 0.1) is 0 Å². The van der Waals surface area contributed by atoms with E-state index in [0.29, 0.717) is 23.9 Å². The second-order valence-corrected chi connectivity index (χ2v) is 8.39. The zero-order valence-corrected chi connectivity index (χ0v) is 15.4. The molecular formula is C17H17N3O3S2. The molecule has 2 heterocycles. The van der Waals surface area contributed by atoms with Gasteiger partial charge in [0.15, 0.2) is 15.7 Å². The molecule has 1 N–H and O–H groups in total. The van der Waals surface area contributed by atoms with E-state index in [4.69, 9.17) is 4.74 Å². The summed E-state index contributed by atoms with van der Waals surface area (Å²) in [5.74, 6) is 0.952. The van der Waals surface area contributed by atoms with Crippen LogP contribution >= 0.6 is 11.3 Å². The molecule has 0 aliphatic carbocycles. The molecule has 1 aromatic carbocycles. The van der Waals surface area contributed by atoms with Crippen molar-refractivity contribution in [1.82, 2.24) is 9.97 Å². The predicted molar refractivity (Wildman–Crippen MR) is 98.8 cm³/mol. The number of sulfone groups is 1. The highest BCUT2D eigenvalue weighted by Gasteiger charge is 2.11. The molecule has 0 unspecified atom stereocenters. The van der Waals surface area contributed by atoms with Gasteiger partial charge in [-0.25, -0.2) is 18.4 Å². The van der Waals surface area contributed by atoms with Gasteiger partial charge in [0, 0.05) is 16.7 Å². The summed E-state index contributed by atoms with van der Waals surface area (Å²) >= 11 is 1.65. The average molecular weight is 375 g/mol. The lowest BCUT2D eigenvalue weighted by Crippen LogP contribution is -2.04. The number of methoxy groups -OCH3 is 1. The Morgan fingerprint density at radius 2 is 1.96 bits per heavy atom. The van der Waals surface area contributed by atoms with E-state index in [9.17, 15) is 8.42 Å². The van der Waals surface area contributed by atoms with Crippen molar-refractivity contribution in [3.8, 4) is 17.1 Å². The van der Waals surface area contributed by atoms with E-state index < -0.39 is 9.84 Å². The number of hydrogen-bond acceptors (Lipinski definition) is 7. The maximum absolute atomic E-state index is 11.6. The van der Waals surface area contributed by atoms with Gasteiger partial charge in [0.25, 0.3) is 5.88 Å². The summed E-state index contributed by atoms with van der Waals surface area (Å²) < 4.78 is 28.4. The molecule has 0 saturated heterocycles. The van der Waals surface area contributed by atoms with E-state index in [1.54, 1.807) is 48.9 Å². The first-order valence-electron chi connectivity index (χ1n) is 7.45. The van der Waals surface area contributed by atoms with E-state index in [1.807, 2.05) is 17.5 Å². The highest BCUT2D eigenvalue weighted by Crippen LogP contribution is 2.26. The van der Waals surface area contributed by atoms with Crippen LogP contribution in [0.3, 0.4) is 0 Å². The zero-order valence-electron chi connectivity index (χ0n) is 13.8. The highest BCUT2D eigenvalue weighted by atomic mass is 32.2. The van der Waals surface area contributed by atoms with Crippen molar-refractivity contribution >= 4 is 27.0 Å². The third-order valence-corrected chi connectivity index (χ3v) is 5.53. The summed E-state index contributed by atoms with van der Waals surface area (Å²) in [5.41, 5.74) is 1.41. The van der Waals surface area contributed by atoms with Crippen LogP contribution in [0.4, 0.5) is 5.82 Å². The number of aromatic nitrogens is 2. The van der Waals surface area contributed by atoms with E-state index in [-0.39, 0.29) is 4.90 Å². The number of thiophene rings is 1. The Labute approximate surface area is 150 Å². The standard InChI is InChI=1S/C17H17N3O3S2/c1-23-17-16(18-10-13-4-3-9-24-13)20-15(11-19-17)12-5-7-14(8-6-12)25(2,21)22/h3-9,11H,10H2,1-2H3,(H,18,20). The lowest BCUT2D eigenvalue weighted by Gasteiger charge is -2.10. The summed E-state index contributed by atoms with van der Waals surface area (Å²) in [5, 5.41) is 5.24. The molecule has 0 fully saturated rings.